The van der Waals surface area contributed by atoms with E-state index >= 15 is 0 Å². The molecule has 0 atom stereocenters. The summed E-state index contributed by atoms with van der Waals surface area (Å²) < 4.78 is 18.3. The summed E-state index contributed by atoms with van der Waals surface area (Å²) in [6.07, 6.45) is 1.42. The molecule has 2 aliphatic rings. The molecule has 0 bridgehead atoms. The predicted octanol–water partition coefficient (Wildman–Crippen LogP) is 5.16. The molecule has 150 valence electrons. The molecule has 4 aromatic rings. The van der Waals surface area contributed by atoms with Gasteiger partial charge in [0.1, 0.15) is 11.9 Å². The second-order valence-electron chi connectivity index (χ2n) is 8.03. The second-order valence-corrected chi connectivity index (χ2v) is 8.03. The molecular weight excluding hydrogens is 374 g/mol. The smallest absolute Gasteiger partial charge is 0.184 e. The van der Waals surface area contributed by atoms with Crippen molar-refractivity contribution in [2.24, 2.45) is 0 Å². The SMILES string of the molecule is c1ccc(C2OCC(Oc3cccc4[nH]c5c(c34)Cc3ccccc3C5)CO2)cc1. The monoisotopic (exact) mass is 397 g/mol. The first kappa shape index (κ1) is 17.8. The summed E-state index contributed by atoms with van der Waals surface area (Å²) in [4.78, 5) is 3.62. The van der Waals surface area contributed by atoms with Gasteiger partial charge in [-0.2, -0.15) is 0 Å². The minimum atomic E-state index is -0.321. The maximum absolute atomic E-state index is 6.40. The number of aromatic nitrogens is 1. The van der Waals surface area contributed by atoms with Gasteiger partial charge in [0, 0.05) is 35.0 Å². The molecule has 1 aliphatic carbocycles. The molecule has 0 saturated carbocycles. The Bertz CT molecular complexity index is 1190. The zero-order valence-corrected chi connectivity index (χ0v) is 16.6. The molecule has 30 heavy (non-hydrogen) atoms. The number of H-pyrrole nitrogens is 1. The van der Waals surface area contributed by atoms with Crippen LogP contribution < -0.4 is 4.74 Å². The number of fused-ring (bicyclic) bond motifs is 4. The number of ether oxygens (including phenoxy) is 3. The fraction of sp³-hybridized carbons (Fsp3) is 0.231. The molecule has 1 aliphatic heterocycles. The van der Waals surface area contributed by atoms with E-state index in [2.05, 4.69) is 41.4 Å². The highest BCUT2D eigenvalue weighted by molar-refractivity contribution is 5.91. The lowest BCUT2D eigenvalue weighted by atomic mass is 9.89. The van der Waals surface area contributed by atoms with Crippen LogP contribution in [0.5, 0.6) is 5.75 Å². The third-order valence-corrected chi connectivity index (χ3v) is 6.06. The summed E-state index contributed by atoms with van der Waals surface area (Å²) in [5.74, 6) is 0.903. The number of nitrogens with one attached hydrogen (secondary N) is 1. The lowest BCUT2D eigenvalue weighted by Crippen LogP contribution is -2.35. The molecule has 0 unspecified atom stereocenters. The van der Waals surface area contributed by atoms with Crippen molar-refractivity contribution >= 4 is 10.9 Å². The van der Waals surface area contributed by atoms with Gasteiger partial charge in [0.25, 0.3) is 0 Å². The predicted molar refractivity (Wildman–Crippen MR) is 116 cm³/mol. The van der Waals surface area contributed by atoms with Crippen LogP contribution >= 0.6 is 0 Å². The van der Waals surface area contributed by atoms with Crippen molar-refractivity contribution in [3.05, 3.63) is 101 Å². The van der Waals surface area contributed by atoms with E-state index in [1.54, 1.807) is 0 Å². The summed E-state index contributed by atoms with van der Waals surface area (Å²) in [5.41, 5.74) is 7.61. The minimum Gasteiger partial charge on any atom is -0.485 e. The van der Waals surface area contributed by atoms with Crippen LogP contribution in [0.4, 0.5) is 0 Å². The number of hydrogen-bond acceptors (Lipinski definition) is 3. The lowest BCUT2D eigenvalue weighted by molar-refractivity contribution is -0.215. The van der Waals surface area contributed by atoms with E-state index < -0.39 is 0 Å². The average molecular weight is 397 g/mol. The van der Waals surface area contributed by atoms with Gasteiger partial charge < -0.3 is 19.2 Å². The summed E-state index contributed by atoms with van der Waals surface area (Å²) in [6.45, 7) is 1.01. The van der Waals surface area contributed by atoms with Gasteiger partial charge in [-0.1, -0.05) is 60.7 Å². The van der Waals surface area contributed by atoms with E-state index in [0.717, 1.165) is 29.7 Å². The van der Waals surface area contributed by atoms with Gasteiger partial charge in [0.05, 0.1) is 13.2 Å². The largest absolute Gasteiger partial charge is 0.485 e. The number of aromatic amines is 1. The summed E-state index contributed by atoms with van der Waals surface area (Å²) >= 11 is 0. The van der Waals surface area contributed by atoms with Crippen molar-refractivity contribution in [1.29, 1.82) is 0 Å². The van der Waals surface area contributed by atoms with Crippen LogP contribution in [0.1, 0.15) is 34.2 Å². The fourth-order valence-electron chi connectivity index (χ4n) is 4.60. The first-order valence-electron chi connectivity index (χ1n) is 10.5. The molecule has 1 N–H and O–H groups in total. The van der Waals surface area contributed by atoms with Crippen LogP contribution in [0, 0.1) is 0 Å². The Labute approximate surface area is 175 Å². The molecular formula is C26H23NO3. The Morgan fingerprint density at radius 3 is 2.30 bits per heavy atom. The van der Waals surface area contributed by atoms with Gasteiger partial charge in [-0.15, -0.1) is 0 Å². The molecule has 1 aromatic heterocycles. The van der Waals surface area contributed by atoms with Crippen molar-refractivity contribution in [2.45, 2.75) is 25.2 Å². The Hall–Kier alpha value is -3.08. The van der Waals surface area contributed by atoms with Crippen molar-refractivity contribution in [1.82, 2.24) is 4.98 Å². The second kappa shape index (κ2) is 7.31. The molecule has 1 fully saturated rings. The maximum Gasteiger partial charge on any atom is 0.184 e. The highest BCUT2D eigenvalue weighted by Gasteiger charge is 2.27. The van der Waals surface area contributed by atoms with Crippen LogP contribution in [0.3, 0.4) is 0 Å². The number of rotatable bonds is 3. The molecule has 0 amide bonds. The highest BCUT2D eigenvalue weighted by atomic mass is 16.7. The molecule has 4 nitrogen and oxygen atoms in total. The molecule has 0 spiro atoms. The maximum atomic E-state index is 6.40. The molecule has 1 saturated heterocycles. The van der Waals surface area contributed by atoms with Gasteiger partial charge >= 0.3 is 0 Å². The molecule has 3 aromatic carbocycles. The number of hydrogen-bond donors (Lipinski definition) is 1. The number of benzene rings is 3. The quantitative estimate of drug-likeness (QED) is 0.458. The van der Waals surface area contributed by atoms with Crippen LogP contribution in [0.15, 0.2) is 72.8 Å². The van der Waals surface area contributed by atoms with Gasteiger partial charge in [0.2, 0.25) is 0 Å². The highest BCUT2D eigenvalue weighted by Crippen LogP contribution is 2.38. The fourth-order valence-corrected chi connectivity index (χ4v) is 4.60. The average Bonchev–Trinajstić information content (AvgIpc) is 3.17. The topological polar surface area (TPSA) is 43.5 Å². The Balaban J connectivity index is 1.25. The molecule has 6 rings (SSSR count). The van der Waals surface area contributed by atoms with Gasteiger partial charge in [-0.25, -0.2) is 0 Å². The summed E-state index contributed by atoms with van der Waals surface area (Å²) in [5, 5.41) is 1.19. The van der Waals surface area contributed by atoms with Crippen molar-refractivity contribution in [2.75, 3.05) is 13.2 Å². The van der Waals surface area contributed by atoms with Crippen LogP contribution in [-0.2, 0) is 22.3 Å². The molecule has 2 heterocycles. The van der Waals surface area contributed by atoms with E-state index in [1.165, 1.54) is 27.8 Å². The normalized spacial score (nSPS) is 20.5. The van der Waals surface area contributed by atoms with E-state index in [4.69, 9.17) is 14.2 Å². The van der Waals surface area contributed by atoms with Crippen LogP contribution in [0.25, 0.3) is 10.9 Å². The van der Waals surface area contributed by atoms with Crippen LogP contribution in [-0.4, -0.2) is 24.3 Å². The first-order valence-corrected chi connectivity index (χ1v) is 10.5. The summed E-state index contributed by atoms with van der Waals surface area (Å²) in [7, 11) is 0. The minimum absolute atomic E-state index is 0.128. The van der Waals surface area contributed by atoms with Gasteiger partial charge in [0.15, 0.2) is 6.29 Å². The van der Waals surface area contributed by atoms with Crippen LogP contribution in [0.2, 0.25) is 0 Å². The zero-order valence-electron chi connectivity index (χ0n) is 16.6. The van der Waals surface area contributed by atoms with Crippen molar-refractivity contribution in [3.8, 4) is 5.75 Å². The third kappa shape index (κ3) is 3.09. The Morgan fingerprint density at radius 2 is 1.50 bits per heavy atom. The van der Waals surface area contributed by atoms with E-state index in [9.17, 15) is 0 Å². The van der Waals surface area contributed by atoms with E-state index in [-0.39, 0.29) is 12.4 Å². The van der Waals surface area contributed by atoms with Gasteiger partial charge in [-0.05, 0) is 28.8 Å². The zero-order chi connectivity index (χ0) is 19.9. The summed E-state index contributed by atoms with van der Waals surface area (Å²) in [6, 6.07) is 25.0. The molecule has 4 heteroatoms. The molecule has 0 radical (unpaired) electrons. The first-order chi connectivity index (χ1) is 14.8. The standard InChI is InChI=1S/C26H23NO3/c1-2-7-17(8-3-1)26-28-15-20(16-29-26)30-24-12-6-11-22-25(24)21-13-18-9-4-5-10-19(18)14-23(21)27-22/h1-12,20,26-27H,13-16H2. The Kier molecular flexibility index (Phi) is 4.33. The van der Waals surface area contributed by atoms with E-state index in [1.807, 2.05) is 36.4 Å². The van der Waals surface area contributed by atoms with Gasteiger partial charge in [-0.3, -0.25) is 0 Å². The lowest BCUT2D eigenvalue weighted by Gasteiger charge is -2.30. The van der Waals surface area contributed by atoms with E-state index in [0.29, 0.717) is 13.2 Å². The van der Waals surface area contributed by atoms with Crippen molar-refractivity contribution in [3.63, 3.8) is 0 Å². The van der Waals surface area contributed by atoms with Crippen molar-refractivity contribution < 1.29 is 14.2 Å². The third-order valence-electron chi connectivity index (χ3n) is 6.06. The Morgan fingerprint density at radius 1 is 0.767 bits per heavy atom.